The first-order valence-electron chi connectivity index (χ1n) is 5.41. The Morgan fingerprint density at radius 3 is 2.65 bits per heavy atom. The Bertz CT molecular complexity index is 659. The molecule has 0 aliphatic rings. The monoisotopic (exact) mass is 310 g/mol. The third kappa shape index (κ3) is 3.66. The van der Waals surface area contributed by atoms with Crippen LogP contribution in [0, 0.1) is 10.1 Å². The van der Waals surface area contributed by atoms with Gasteiger partial charge < -0.3 is 0 Å². The first-order valence-corrected chi connectivity index (χ1v) is 6.16. The van der Waals surface area contributed by atoms with E-state index in [1.54, 1.807) is 18.2 Å². The summed E-state index contributed by atoms with van der Waals surface area (Å²) in [5.41, 5.74) is 3.33. The van der Waals surface area contributed by atoms with Gasteiger partial charge in [0.25, 0.3) is 5.69 Å². The van der Waals surface area contributed by atoms with Crippen molar-refractivity contribution < 1.29 is 4.92 Å². The van der Waals surface area contributed by atoms with Gasteiger partial charge in [-0.2, -0.15) is 5.10 Å². The van der Waals surface area contributed by atoms with Gasteiger partial charge in [0.2, 0.25) is 0 Å². The fourth-order valence-corrected chi connectivity index (χ4v) is 1.63. The van der Waals surface area contributed by atoms with Gasteiger partial charge in [0.1, 0.15) is 12.0 Å². The number of hydrogen-bond donors (Lipinski definition) is 1. The lowest BCUT2D eigenvalue weighted by Gasteiger charge is -1.99. The summed E-state index contributed by atoms with van der Waals surface area (Å²) in [6.07, 6.45) is 2.68. The highest BCUT2D eigenvalue weighted by Crippen LogP contribution is 2.21. The summed E-state index contributed by atoms with van der Waals surface area (Å²) in [7, 11) is 0. The Balaban J connectivity index is 2.02. The zero-order valence-corrected chi connectivity index (χ0v) is 11.5. The van der Waals surface area contributed by atoms with Gasteiger partial charge in [0, 0.05) is 6.07 Å². The van der Waals surface area contributed by atoms with E-state index in [9.17, 15) is 10.1 Å². The molecule has 0 unspecified atom stereocenters. The molecule has 1 aromatic heterocycles. The number of halogens is 2. The summed E-state index contributed by atoms with van der Waals surface area (Å²) >= 11 is 11.7. The molecule has 0 spiro atoms. The molecule has 1 aromatic carbocycles. The van der Waals surface area contributed by atoms with E-state index in [-0.39, 0.29) is 5.69 Å². The largest absolute Gasteiger partial charge is 0.287 e. The SMILES string of the molecule is O=[N+]([O-])c1ccc(NN=Cc2ccc(Cl)c(Cl)c2)nc1. The second-order valence-corrected chi connectivity index (χ2v) is 4.52. The number of nitrogens with zero attached hydrogens (tertiary/aromatic N) is 3. The molecule has 0 atom stereocenters. The summed E-state index contributed by atoms with van der Waals surface area (Å²) in [6, 6.07) is 7.88. The molecule has 0 amide bonds. The topological polar surface area (TPSA) is 80.4 Å². The van der Waals surface area contributed by atoms with Crippen molar-refractivity contribution in [2.75, 3.05) is 5.43 Å². The van der Waals surface area contributed by atoms with E-state index in [2.05, 4.69) is 15.5 Å². The Morgan fingerprint density at radius 2 is 2.05 bits per heavy atom. The third-order valence-corrected chi connectivity index (χ3v) is 3.03. The Morgan fingerprint density at radius 1 is 1.25 bits per heavy atom. The van der Waals surface area contributed by atoms with Crippen molar-refractivity contribution in [2.24, 2.45) is 5.10 Å². The lowest BCUT2D eigenvalue weighted by molar-refractivity contribution is -0.385. The molecule has 8 heteroatoms. The molecule has 0 aliphatic heterocycles. The standard InChI is InChI=1S/C12H8Cl2N4O2/c13-10-3-1-8(5-11(10)14)6-16-17-12-4-2-9(7-15-12)18(19)20/h1-7H,(H,15,17). The van der Waals surface area contributed by atoms with E-state index in [4.69, 9.17) is 23.2 Å². The summed E-state index contributed by atoms with van der Waals surface area (Å²) < 4.78 is 0. The summed E-state index contributed by atoms with van der Waals surface area (Å²) in [5.74, 6) is 0.395. The van der Waals surface area contributed by atoms with E-state index in [1.165, 1.54) is 18.3 Å². The van der Waals surface area contributed by atoms with Crippen LogP contribution in [0.2, 0.25) is 10.0 Å². The van der Waals surface area contributed by atoms with Crippen molar-refractivity contribution >= 4 is 40.9 Å². The Hall–Kier alpha value is -2.18. The minimum absolute atomic E-state index is 0.0796. The number of hydrogen-bond acceptors (Lipinski definition) is 5. The highest BCUT2D eigenvalue weighted by atomic mass is 35.5. The molecule has 102 valence electrons. The second kappa shape index (κ2) is 6.31. The summed E-state index contributed by atoms with van der Waals surface area (Å²) in [5, 5.41) is 15.3. The van der Waals surface area contributed by atoms with Gasteiger partial charge in [-0.1, -0.05) is 29.3 Å². The molecule has 0 aliphatic carbocycles. The van der Waals surface area contributed by atoms with Crippen LogP contribution in [-0.2, 0) is 0 Å². The lowest BCUT2D eigenvalue weighted by atomic mass is 10.2. The average molecular weight is 311 g/mol. The van der Waals surface area contributed by atoms with Crippen LogP contribution >= 0.6 is 23.2 Å². The van der Waals surface area contributed by atoms with Crippen LogP contribution in [0.1, 0.15) is 5.56 Å². The minimum atomic E-state index is -0.518. The van der Waals surface area contributed by atoms with Crippen molar-refractivity contribution in [3.8, 4) is 0 Å². The maximum Gasteiger partial charge on any atom is 0.287 e. The van der Waals surface area contributed by atoms with Gasteiger partial charge in [-0.05, 0) is 23.8 Å². The number of nitro groups is 1. The molecule has 2 aromatic rings. The van der Waals surface area contributed by atoms with E-state index < -0.39 is 4.92 Å². The van der Waals surface area contributed by atoms with Crippen LogP contribution in [0.15, 0.2) is 41.6 Å². The maximum atomic E-state index is 10.5. The van der Waals surface area contributed by atoms with E-state index in [0.29, 0.717) is 15.9 Å². The molecule has 0 fully saturated rings. The Kier molecular flexibility index (Phi) is 4.49. The van der Waals surface area contributed by atoms with Crippen molar-refractivity contribution in [2.45, 2.75) is 0 Å². The van der Waals surface area contributed by atoms with Crippen molar-refractivity contribution in [3.05, 3.63) is 62.3 Å². The molecular weight excluding hydrogens is 303 g/mol. The first kappa shape index (κ1) is 14.2. The number of pyridine rings is 1. The van der Waals surface area contributed by atoms with Gasteiger partial charge in [0.05, 0.1) is 21.2 Å². The number of hydrazone groups is 1. The van der Waals surface area contributed by atoms with Crippen LogP contribution in [0.25, 0.3) is 0 Å². The van der Waals surface area contributed by atoms with Crippen LogP contribution in [0.3, 0.4) is 0 Å². The minimum Gasteiger partial charge on any atom is -0.261 e. The average Bonchev–Trinajstić information content (AvgIpc) is 2.43. The molecule has 1 heterocycles. The predicted molar refractivity (Wildman–Crippen MR) is 78.6 cm³/mol. The van der Waals surface area contributed by atoms with E-state index >= 15 is 0 Å². The number of nitrogens with one attached hydrogen (secondary N) is 1. The van der Waals surface area contributed by atoms with Gasteiger partial charge in [0.15, 0.2) is 0 Å². The van der Waals surface area contributed by atoms with Gasteiger partial charge >= 0.3 is 0 Å². The number of benzene rings is 1. The van der Waals surface area contributed by atoms with Crippen molar-refractivity contribution in [1.29, 1.82) is 0 Å². The summed E-state index contributed by atoms with van der Waals surface area (Å²) in [6.45, 7) is 0. The smallest absolute Gasteiger partial charge is 0.261 e. The molecule has 2 rings (SSSR count). The quantitative estimate of drug-likeness (QED) is 0.530. The number of anilines is 1. The number of aromatic nitrogens is 1. The van der Waals surface area contributed by atoms with Crippen LogP contribution in [0.5, 0.6) is 0 Å². The maximum absolute atomic E-state index is 10.5. The zero-order valence-electron chi connectivity index (χ0n) is 9.96. The van der Waals surface area contributed by atoms with Gasteiger partial charge in [-0.3, -0.25) is 15.5 Å². The molecule has 20 heavy (non-hydrogen) atoms. The van der Waals surface area contributed by atoms with Crippen molar-refractivity contribution in [3.63, 3.8) is 0 Å². The fraction of sp³-hybridized carbons (Fsp3) is 0. The molecular formula is C12H8Cl2N4O2. The second-order valence-electron chi connectivity index (χ2n) is 3.70. The lowest BCUT2D eigenvalue weighted by Crippen LogP contribution is -1.95. The Labute approximate surface area is 124 Å². The summed E-state index contributed by atoms with van der Waals surface area (Å²) in [4.78, 5) is 13.8. The molecule has 1 N–H and O–H groups in total. The molecule has 0 bridgehead atoms. The predicted octanol–water partition coefficient (Wildman–Crippen LogP) is 3.74. The molecule has 6 nitrogen and oxygen atoms in total. The molecule has 0 radical (unpaired) electrons. The molecule has 0 saturated heterocycles. The van der Waals surface area contributed by atoms with Crippen LogP contribution in [-0.4, -0.2) is 16.1 Å². The molecule has 0 saturated carbocycles. The van der Waals surface area contributed by atoms with Gasteiger partial charge in [-0.25, -0.2) is 4.98 Å². The first-order chi connectivity index (χ1) is 9.56. The van der Waals surface area contributed by atoms with Crippen molar-refractivity contribution in [1.82, 2.24) is 4.98 Å². The van der Waals surface area contributed by atoms with Crippen LogP contribution < -0.4 is 5.43 Å². The van der Waals surface area contributed by atoms with Gasteiger partial charge in [-0.15, -0.1) is 0 Å². The van der Waals surface area contributed by atoms with E-state index in [0.717, 1.165) is 11.8 Å². The fourth-order valence-electron chi connectivity index (χ4n) is 1.33. The van der Waals surface area contributed by atoms with Crippen LogP contribution in [0.4, 0.5) is 11.5 Å². The highest BCUT2D eigenvalue weighted by molar-refractivity contribution is 6.42. The third-order valence-electron chi connectivity index (χ3n) is 2.30. The van der Waals surface area contributed by atoms with E-state index in [1.807, 2.05) is 0 Å². The number of rotatable bonds is 4. The normalized spacial score (nSPS) is 10.7. The highest BCUT2D eigenvalue weighted by Gasteiger charge is 2.04. The zero-order chi connectivity index (χ0) is 14.5.